The van der Waals surface area contributed by atoms with E-state index in [2.05, 4.69) is 10.3 Å². The molecule has 3 rings (SSSR count). The third-order valence-electron chi connectivity index (χ3n) is 4.15. The van der Waals surface area contributed by atoms with Crippen molar-refractivity contribution in [2.45, 2.75) is 20.4 Å². The summed E-state index contributed by atoms with van der Waals surface area (Å²) in [5, 5.41) is 21.1. The molecule has 144 valence electrons. The number of hydrogen-bond donors (Lipinski definition) is 3. The number of carbonyl (C=O) groups excluding carboxylic acids is 1. The highest BCUT2D eigenvalue weighted by atomic mass is 32.1. The molecule has 0 atom stereocenters. The fraction of sp³-hybridized carbons (Fsp3) is 0.167. The molecule has 10 heteroatoms. The van der Waals surface area contributed by atoms with E-state index in [1.807, 2.05) is 0 Å². The van der Waals surface area contributed by atoms with Crippen molar-refractivity contribution in [1.29, 1.82) is 0 Å². The fourth-order valence-electron chi connectivity index (χ4n) is 2.74. The van der Waals surface area contributed by atoms with Gasteiger partial charge in [-0.05, 0) is 37.6 Å². The van der Waals surface area contributed by atoms with E-state index in [4.69, 9.17) is 10.2 Å². The van der Waals surface area contributed by atoms with E-state index in [-0.39, 0.29) is 27.3 Å². The first-order valence-corrected chi connectivity index (χ1v) is 8.96. The molecule has 9 nitrogen and oxygen atoms in total. The second-order valence-corrected chi connectivity index (χ2v) is 6.93. The summed E-state index contributed by atoms with van der Waals surface area (Å²) in [6.07, 6.45) is 1.41. The molecule has 2 aromatic heterocycles. The molecule has 0 radical (unpaired) electrons. The molecule has 28 heavy (non-hydrogen) atoms. The van der Waals surface area contributed by atoms with E-state index < -0.39 is 17.8 Å². The zero-order valence-corrected chi connectivity index (χ0v) is 15.7. The molecule has 1 amide bonds. The van der Waals surface area contributed by atoms with Crippen molar-refractivity contribution in [1.82, 2.24) is 9.55 Å². The lowest BCUT2D eigenvalue weighted by molar-refractivity contribution is 0.0696. The highest BCUT2D eigenvalue weighted by Crippen LogP contribution is 2.28. The quantitative estimate of drug-likeness (QED) is 0.597. The zero-order valence-electron chi connectivity index (χ0n) is 14.8. The molecule has 3 N–H and O–H groups in total. The van der Waals surface area contributed by atoms with Crippen molar-refractivity contribution >= 4 is 45.1 Å². The number of carboxylic acids is 2. The van der Waals surface area contributed by atoms with Gasteiger partial charge in [-0.3, -0.25) is 14.2 Å². The van der Waals surface area contributed by atoms with Gasteiger partial charge in [0.1, 0.15) is 4.83 Å². The number of nitrogens with one attached hydrogen (secondary N) is 1. The molecule has 0 aliphatic heterocycles. The molecule has 0 saturated heterocycles. The van der Waals surface area contributed by atoms with Crippen molar-refractivity contribution in [2.75, 3.05) is 5.32 Å². The lowest BCUT2D eigenvalue weighted by atomic mass is 10.1. The van der Waals surface area contributed by atoms with Gasteiger partial charge in [0, 0.05) is 12.2 Å². The molecule has 3 aromatic rings. The van der Waals surface area contributed by atoms with Crippen LogP contribution < -0.4 is 10.9 Å². The van der Waals surface area contributed by atoms with Gasteiger partial charge in [-0.1, -0.05) is 0 Å². The molecular formula is C18H15N3O6S. The van der Waals surface area contributed by atoms with Crippen LogP contribution in [-0.4, -0.2) is 37.6 Å². The van der Waals surface area contributed by atoms with Crippen LogP contribution in [0, 0.1) is 6.92 Å². The third kappa shape index (κ3) is 3.37. The summed E-state index contributed by atoms with van der Waals surface area (Å²) in [4.78, 5) is 52.5. The lowest BCUT2D eigenvalue weighted by Crippen LogP contribution is -2.19. The first kappa shape index (κ1) is 19.2. The Morgan fingerprint density at radius 2 is 1.75 bits per heavy atom. The Morgan fingerprint density at radius 1 is 1.14 bits per heavy atom. The van der Waals surface area contributed by atoms with Gasteiger partial charge < -0.3 is 15.5 Å². The maximum atomic E-state index is 12.7. The Kier molecular flexibility index (Phi) is 4.97. The number of thiophene rings is 1. The maximum Gasteiger partial charge on any atom is 0.335 e. The molecule has 2 heterocycles. The number of carbonyl (C=O) groups is 3. The SMILES string of the molecule is CCn1cnc2sc(C(=O)Nc3cc(C(=O)O)cc(C(=O)O)c3)c(C)c2c1=O. The molecule has 0 fully saturated rings. The van der Waals surface area contributed by atoms with Gasteiger partial charge in [-0.2, -0.15) is 0 Å². The van der Waals surface area contributed by atoms with Gasteiger partial charge in [-0.15, -0.1) is 11.3 Å². The second kappa shape index (κ2) is 7.24. The largest absolute Gasteiger partial charge is 0.478 e. The minimum atomic E-state index is -1.32. The van der Waals surface area contributed by atoms with Crippen LogP contribution in [0.15, 0.2) is 29.3 Å². The van der Waals surface area contributed by atoms with E-state index in [1.165, 1.54) is 10.9 Å². The van der Waals surface area contributed by atoms with Gasteiger partial charge >= 0.3 is 11.9 Å². The highest BCUT2D eigenvalue weighted by molar-refractivity contribution is 7.20. The van der Waals surface area contributed by atoms with Gasteiger partial charge in [0.05, 0.1) is 27.7 Å². The van der Waals surface area contributed by atoms with E-state index in [9.17, 15) is 19.2 Å². The first-order chi connectivity index (χ1) is 13.2. The van der Waals surface area contributed by atoms with Crippen LogP contribution in [0.3, 0.4) is 0 Å². The number of fused-ring (bicyclic) bond motifs is 1. The van der Waals surface area contributed by atoms with Gasteiger partial charge in [0.25, 0.3) is 11.5 Å². The molecule has 0 bridgehead atoms. The standard InChI is InChI=1S/C18H15N3O6S/c1-3-21-7-19-15-12(16(21)23)8(2)13(28-15)14(22)20-11-5-9(17(24)25)4-10(6-11)18(26)27/h4-7H,3H2,1-2H3,(H,20,22)(H,24,25)(H,26,27). The average Bonchev–Trinajstić information content (AvgIpc) is 2.99. The minimum absolute atomic E-state index is 0.0260. The number of hydrogen-bond acceptors (Lipinski definition) is 6. The summed E-state index contributed by atoms with van der Waals surface area (Å²) in [7, 11) is 0. The molecule has 0 unspecified atom stereocenters. The van der Waals surface area contributed by atoms with Crippen LogP contribution in [0.2, 0.25) is 0 Å². The number of benzene rings is 1. The number of aromatic nitrogens is 2. The fourth-order valence-corrected chi connectivity index (χ4v) is 3.77. The summed E-state index contributed by atoms with van der Waals surface area (Å²) >= 11 is 1.04. The van der Waals surface area contributed by atoms with Gasteiger partial charge in [0.2, 0.25) is 0 Å². The summed E-state index contributed by atoms with van der Waals surface area (Å²) < 4.78 is 1.43. The summed E-state index contributed by atoms with van der Waals surface area (Å²) in [5.74, 6) is -3.22. The Morgan fingerprint density at radius 3 is 2.29 bits per heavy atom. The van der Waals surface area contributed by atoms with Crippen molar-refractivity contribution in [3.05, 3.63) is 56.4 Å². The average molecular weight is 401 g/mol. The second-order valence-electron chi connectivity index (χ2n) is 5.94. The monoisotopic (exact) mass is 401 g/mol. The normalized spacial score (nSPS) is 10.8. The number of nitrogens with zero attached hydrogens (tertiary/aromatic N) is 2. The summed E-state index contributed by atoms with van der Waals surface area (Å²) in [6.45, 7) is 3.88. The third-order valence-corrected chi connectivity index (χ3v) is 5.35. The van der Waals surface area contributed by atoms with Crippen LogP contribution in [0.1, 0.15) is 42.9 Å². The molecule has 0 saturated carbocycles. The highest BCUT2D eigenvalue weighted by Gasteiger charge is 2.20. The predicted octanol–water partition coefficient (Wildman–Crippen LogP) is 2.44. The minimum Gasteiger partial charge on any atom is -0.478 e. The first-order valence-electron chi connectivity index (χ1n) is 8.14. The molecule has 0 aliphatic rings. The number of aryl methyl sites for hydroxylation is 2. The van der Waals surface area contributed by atoms with E-state index in [0.717, 1.165) is 29.5 Å². The van der Waals surface area contributed by atoms with Gasteiger partial charge in [-0.25, -0.2) is 14.6 Å². The number of rotatable bonds is 5. The van der Waals surface area contributed by atoms with Crippen LogP contribution in [0.4, 0.5) is 5.69 Å². The molecular weight excluding hydrogens is 386 g/mol. The molecule has 0 aliphatic carbocycles. The summed E-state index contributed by atoms with van der Waals surface area (Å²) in [5.41, 5.74) is -0.295. The van der Waals surface area contributed by atoms with Crippen molar-refractivity contribution in [3.8, 4) is 0 Å². The number of carboxylic acid groups (broad SMARTS) is 2. The van der Waals surface area contributed by atoms with Gasteiger partial charge in [0.15, 0.2) is 0 Å². The Hall–Kier alpha value is -3.53. The van der Waals surface area contributed by atoms with Crippen LogP contribution in [-0.2, 0) is 6.54 Å². The Balaban J connectivity index is 2.03. The Labute approximate surface area is 161 Å². The van der Waals surface area contributed by atoms with E-state index in [0.29, 0.717) is 22.3 Å². The van der Waals surface area contributed by atoms with E-state index in [1.54, 1.807) is 13.8 Å². The topological polar surface area (TPSA) is 139 Å². The van der Waals surface area contributed by atoms with Crippen LogP contribution in [0.5, 0.6) is 0 Å². The van der Waals surface area contributed by atoms with Crippen LogP contribution >= 0.6 is 11.3 Å². The van der Waals surface area contributed by atoms with E-state index >= 15 is 0 Å². The number of anilines is 1. The van der Waals surface area contributed by atoms with Crippen molar-refractivity contribution in [3.63, 3.8) is 0 Å². The predicted molar refractivity (Wildman–Crippen MR) is 103 cm³/mol. The Bertz CT molecular complexity index is 1160. The smallest absolute Gasteiger partial charge is 0.335 e. The van der Waals surface area contributed by atoms with Crippen molar-refractivity contribution in [2.24, 2.45) is 0 Å². The zero-order chi connectivity index (χ0) is 20.6. The van der Waals surface area contributed by atoms with Crippen LogP contribution in [0.25, 0.3) is 10.2 Å². The van der Waals surface area contributed by atoms with Crippen molar-refractivity contribution < 1.29 is 24.6 Å². The molecule has 0 spiro atoms. The number of amides is 1. The maximum absolute atomic E-state index is 12.7. The number of aromatic carboxylic acids is 2. The lowest BCUT2D eigenvalue weighted by Gasteiger charge is -2.07. The molecule has 1 aromatic carbocycles. The summed E-state index contributed by atoms with van der Waals surface area (Å²) in [6, 6.07) is 3.33.